The number of hydrogen-bond acceptors (Lipinski definition) is 6. The molecule has 1 N–H and O–H groups in total. The third kappa shape index (κ3) is 1.98. The van der Waals surface area contributed by atoms with Crippen LogP contribution in [0.5, 0.6) is 5.75 Å². The maximum atomic E-state index is 12.3. The fraction of sp³-hybridized carbons (Fsp3) is 0.294. The second-order valence-corrected chi connectivity index (χ2v) is 5.72. The van der Waals surface area contributed by atoms with Crippen LogP contribution in [-0.4, -0.2) is 55.5 Å². The van der Waals surface area contributed by atoms with Crippen molar-refractivity contribution < 1.29 is 24.3 Å². The largest absolute Gasteiger partial charge is 0.495 e. The van der Waals surface area contributed by atoms with Gasteiger partial charge in [0, 0.05) is 23.9 Å². The molecule has 1 saturated heterocycles. The van der Waals surface area contributed by atoms with Crippen molar-refractivity contribution >= 4 is 28.3 Å². The lowest BCUT2D eigenvalue weighted by atomic mass is 9.93. The molecule has 0 bridgehead atoms. The van der Waals surface area contributed by atoms with Crippen molar-refractivity contribution in [2.75, 3.05) is 38.3 Å². The summed E-state index contributed by atoms with van der Waals surface area (Å²) in [7, 11) is 1.54. The van der Waals surface area contributed by atoms with Gasteiger partial charge in [-0.2, -0.15) is 0 Å². The highest BCUT2D eigenvalue weighted by molar-refractivity contribution is 6.26. The predicted octanol–water partition coefficient (Wildman–Crippen LogP) is 1.67. The molecular formula is C17H16N2O5. The molecule has 2 aliphatic heterocycles. The number of anilines is 1. The minimum atomic E-state index is -0.740. The van der Waals surface area contributed by atoms with Crippen LogP contribution in [0.2, 0.25) is 0 Å². The zero-order chi connectivity index (χ0) is 16.8. The molecule has 2 aliphatic rings. The van der Waals surface area contributed by atoms with Gasteiger partial charge in [-0.05, 0) is 12.1 Å². The number of ether oxygens (including phenoxy) is 2. The Morgan fingerprint density at radius 2 is 1.83 bits per heavy atom. The second kappa shape index (κ2) is 5.47. The number of hydroxylamine groups is 2. The van der Waals surface area contributed by atoms with E-state index in [-0.39, 0.29) is 10.6 Å². The van der Waals surface area contributed by atoms with Gasteiger partial charge >= 0.3 is 0 Å². The van der Waals surface area contributed by atoms with Crippen molar-refractivity contribution in [1.29, 1.82) is 0 Å². The Balaban J connectivity index is 2.05. The van der Waals surface area contributed by atoms with Gasteiger partial charge in [-0.25, -0.2) is 0 Å². The number of carbonyl (C=O) groups is 2. The van der Waals surface area contributed by atoms with E-state index in [2.05, 4.69) is 4.90 Å². The third-order valence-electron chi connectivity index (χ3n) is 4.49. The van der Waals surface area contributed by atoms with E-state index in [1.54, 1.807) is 18.2 Å². The quantitative estimate of drug-likeness (QED) is 0.667. The van der Waals surface area contributed by atoms with Crippen LogP contribution in [0, 0.1) is 0 Å². The molecule has 0 radical (unpaired) electrons. The van der Waals surface area contributed by atoms with Crippen molar-refractivity contribution in [3.05, 3.63) is 35.4 Å². The van der Waals surface area contributed by atoms with Crippen LogP contribution in [-0.2, 0) is 4.74 Å². The van der Waals surface area contributed by atoms with Gasteiger partial charge in [-0.15, -0.1) is 5.06 Å². The van der Waals surface area contributed by atoms with Crippen molar-refractivity contribution in [3.63, 3.8) is 0 Å². The summed E-state index contributed by atoms with van der Waals surface area (Å²) in [6.07, 6.45) is 0. The lowest BCUT2D eigenvalue weighted by Crippen LogP contribution is -2.39. The minimum Gasteiger partial charge on any atom is -0.495 e. The Morgan fingerprint density at radius 3 is 2.54 bits per heavy atom. The first-order chi connectivity index (χ1) is 11.6. The molecule has 2 amide bonds. The van der Waals surface area contributed by atoms with Crippen LogP contribution in [0.25, 0.3) is 10.8 Å². The minimum absolute atomic E-state index is 0.158. The second-order valence-electron chi connectivity index (χ2n) is 5.72. The molecule has 2 aromatic carbocycles. The summed E-state index contributed by atoms with van der Waals surface area (Å²) >= 11 is 0. The summed E-state index contributed by atoms with van der Waals surface area (Å²) in [5.41, 5.74) is 1.41. The number of imide groups is 1. The molecule has 24 heavy (non-hydrogen) atoms. The normalized spacial score (nSPS) is 17.6. The average molecular weight is 328 g/mol. The summed E-state index contributed by atoms with van der Waals surface area (Å²) < 4.78 is 10.9. The number of methoxy groups -OCH3 is 1. The molecule has 0 aliphatic carbocycles. The number of benzene rings is 2. The molecule has 0 saturated carbocycles. The smallest absolute Gasteiger partial charge is 0.285 e. The lowest BCUT2D eigenvalue weighted by molar-refractivity contribution is -0.0377. The molecule has 124 valence electrons. The van der Waals surface area contributed by atoms with Gasteiger partial charge in [-0.3, -0.25) is 14.8 Å². The van der Waals surface area contributed by atoms with E-state index in [0.29, 0.717) is 43.0 Å². The molecular weight excluding hydrogens is 312 g/mol. The van der Waals surface area contributed by atoms with E-state index in [0.717, 1.165) is 11.1 Å². The number of morpholine rings is 1. The maximum absolute atomic E-state index is 12.3. The first kappa shape index (κ1) is 14.9. The molecule has 0 atom stereocenters. The summed E-state index contributed by atoms with van der Waals surface area (Å²) in [6, 6.07) is 6.81. The zero-order valence-electron chi connectivity index (χ0n) is 13.1. The summed E-state index contributed by atoms with van der Waals surface area (Å²) in [5.74, 6) is -0.917. The summed E-state index contributed by atoms with van der Waals surface area (Å²) in [5, 5.41) is 11.3. The zero-order valence-corrected chi connectivity index (χ0v) is 13.1. The van der Waals surface area contributed by atoms with Gasteiger partial charge in [0.15, 0.2) is 0 Å². The van der Waals surface area contributed by atoms with E-state index < -0.39 is 11.8 Å². The Hall–Kier alpha value is -2.64. The molecule has 1 fully saturated rings. The van der Waals surface area contributed by atoms with E-state index in [1.807, 2.05) is 6.07 Å². The molecule has 4 rings (SSSR count). The predicted molar refractivity (Wildman–Crippen MR) is 85.8 cm³/mol. The summed E-state index contributed by atoms with van der Waals surface area (Å²) in [4.78, 5) is 26.7. The van der Waals surface area contributed by atoms with E-state index in [4.69, 9.17) is 9.47 Å². The lowest BCUT2D eigenvalue weighted by Gasteiger charge is -2.32. The number of nitrogens with zero attached hydrogens (tertiary/aromatic N) is 2. The monoisotopic (exact) mass is 328 g/mol. The highest BCUT2D eigenvalue weighted by Gasteiger charge is 2.34. The topological polar surface area (TPSA) is 79.3 Å². The molecule has 7 nitrogen and oxygen atoms in total. The average Bonchev–Trinajstić information content (AvgIpc) is 2.64. The highest BCUT2D eigenvalue weighted by Crippen LogP contribution is 2.42. The molecule has 2 aromatic rings. The number of hydrogen-bond donors (Lipinski definition) is 1. The first-order valence-corrected chi connectivity index (χ1v) is 7.67. The van der Waals surface area contributed by atoms with Crippen molar-refractivity contribution in [2.24, 2.45) is 0 Å². The Kier molecular flexibility index (Phi) is 3.40. The Morgan fingerprint density at radius 1 is 1.12 bits per heavy atom. The highest BCUT2D eigenvalue weighted by atomic mass is 16.5. The fourth-order valence-corrected chi connectivity index (χ4v) is 3.38. The van der Waals surface area contributed by atoms with E-state index >= 15 is 0 Å². The fourth-order valence-electron chi connectivity index (χ4n) is 3.38. The first-order valence-electron chi connectivity index (χ1n) is 7.67. The molecule has 2 heterocycles. The van der Waals surface area contributed by atoms with Gasteiger partial charge in [0.05, 0.1) is 37.1 Å². The Labute approximate surface area is 137 Å². The van der Waals surface area contributed by atoms with Gasteiger partial charge in [0.2, 0.25) is 0 Å². The van der Waals surface area contributed by atoms with Crippen LogP contribution in [0.15, 0.2) is 24.3 Å². The number of carbonyl (C=O) groups excluding carboxylic acids is 2. The van der Waals surface area contributed by atoms with Gasteiger partial charge in [0.1, 0.15) is 5.75 Å². The number of amides is 2. The van der Waals surface area contributed by atoms with Crippen LogP contribution >= 0.6 is 0 Å². The van der Waals surface area contributed by atoms with Crippen molar-refractivity contribution in [2.45, 2.75) is 0 Å². The van der Waals surface area contributed by atoms with Crippen LogP contribution in [0.4, 0.5) is 5.69 Å². The van der Waals surface area contributed by atoms with Gasteiger partial charge in [-0.1, -0.05) is 12.1 Å². The van der Waals surface area contributed by atoms with E-state index in [9.17, 15) is 14.8 Å². The molecule has 0 spiro atoms. The van der Waals surface area contributed by atoms with E-state index in [1.165, 1.54) is 7.11 Å². The molecule has 0 unspecified atom stereocenters. The molecule has 0 aromatic heterocycles. The van der Waals surface area contributed by atoms with Crippen LogP contribution in [0.3, 0.4) is 0 Å². The molecule has 7 heteroatoms. The van der Waals surface area contributed by atoms with Gasteiger partial charge < -0.3 is 14.4 Å². The number of rotatable bonds is 2. The SMILES string of the molecule is COc1cc2c3c(cccc3c1N1CCOCC1)C(=O)N(O)C2=O. The van der Waals surface area contributed by atoms with Gasteiger partial charge in [0.25, 0.3) is 11.8 Å². The van der Waals surface area contributed by atoms with Crippen LogP contribution < -0.4 is 9.64 Å². The maximum Gasteiger partial charge on any atom is 0.285 e. The van der Waals surface area contributed by atoms with Crippen molar-refractivity contribution in [1.82, 2.24) is 5.06 Å². The summed E-state index contributed by atoms with van der Waals surface area (Å²) in [6.45, 7) is 2.61. The standard InChI is InChI=1S/C17H16N2O5/c1-23-13-9-12-14-10(15(13)18-5-7-24-8-6-18)3-2-4-11(14)16(20)19(22)17(12)21/h2-4,9,22H,5-8H2,1H3. The van der Waals surface area contributed by atoms with Crippen LogP contribution in [0.1, 0.15) is 20.7 Å². The Bertz CT molecular complexity index is 858. The van der Waals surface area contributed by atoms with Crippen molar-refractivity contribution in [3.8, 4) is 5.75 Å². The third-order valence-corrected chi connectivity index (χ3v) is 4.49.